The Balaban J connectivity index is 2.99. The Bertz CT molecular complexity index is 629. The molecule has 0 aromatic heterocycles. The molecule has 0 atom stereocenters. The van der Waals surface area contributed by atoms with Gasteiger partial charge in [0.1, 0.15) is 0 Å². The maximum atomic E-state index is 12.0. The fourth-order valence-electron chi connectivity index (χ4n) is 1.19. The molecule has 0 saturated heterocycles. The molecule has 19 heavy (non-hydrogen) atoms. The van der Waals surface area contributed by atoms with E-state index in [0.717, 1.165) is 6.07 Å². The molecule has 1 aromatic rings. The predicted molar refractivity (Wildman–Crippen MR) is 68.0 cm³/mol. The molecule has 0 bridgehead atoms. The topological polar surface area (TPSA) is 107 Å². The number of carboxylic acid groups (broad SMARTS) is 1. The number of nitrogens with zero attached hydrogens (tertiary/aromatic N) is 1. The third kappa shape index (κ3) is 4.05. The summed E-state index contributed by atoms with van der Waals surface area (Å²) in [5, 5.41) is 17.6. The molecule has 0 heterocycles. The van der Waals surface area contributed by atoms with Gasteiger partial charge in [-0.15, -0.1) is 0 Å². The van der Waals surface area contributed by atoms with Crippen LogP contribution in [0, 0.1) is 16.7 Å². The molecule has 0 saturated carbocycles. The molecule has 0 aliphatic rings. The minimum Gasteiger partial charge on any atom is -0.478 e. The quantitative estimate of drug-likeness (QED) is 0.844. The molecule has 0 amide bonds. The minimum atomic E-state index is -3.82. The van der Waals surface area contributed by atoms with E-state index in [2.05, 4.69) is 4.72 Å². The van der Waals surface area contributed by atoms with Crippen LogP contribution in [-0.4, -0.2) is 26.0 Å². The van der Waals surface area contributed by atoms with Gasteiger partial charge >= 0.3 is 5.97 Å². The fourth-order valence-corrected chi connectivity index (χ4v) is 2.45. The normalized spacial score (nSPS) is 11.8. The summed E-state index contributed by atoms with van der Waals surface area (Å²) in [6.07, 6.45) is 0. The van der Waals surface area contributed by atoms with Crippen LogP contribution in [0.4, 0.5) is 0 Å². The Kier molecular flexibility index (Phi) is 4.29. The van der Waals surface area contributed by atoms with Crippen LogP contribution in [-0.2, 0) is 10.0 Å². The number of carbonyl (C=O) groups is 1. The maximum Gasteiger partial charge on any atom is 0.335 e. The second-order valence-electron chi connectivity index (χ2n) is 4.65. The van der Waals surface area contributed by atoms with Gasteiger partial charge in [-0.25, -0.2) is 17.9 Å². The zero-order chi connectivity index (χ0) is 14.7. The van der Waals surface area contributed by atoms with Crippen molar-refractivity contribution in [3.63, 3.8) is 0 Å². The highest BCUT2D eigenvalue weighted by atomic mass is 32.2. The number of nitriles is 1. The van der Waals surface area contributed by atoms with Crippen LogP contribution >= 0.6 is 0 Å². The highest BCUT2D eigenvalue weighted by Gasteiger charge is 2.22. The molecule has 0 unspecified atom stereocenters. The zero-order valence-corrected chi connectivity index (χ0v) is 11.4. The van der Waals surface area contributed by atoms with Gasteiger partial charge < -0.3 is 5.11 Å². The van der Waals surface area contributed by atoms with Crippen molar-refractivity contribution in [2.75, 3.05) is 6.54 Å². The number of hydrogen-bond donors (Lipinski definition) is 2. The number of aromatic carboxylic acids is 1. The molecule has 0 radical (unpaired) electrons. The summed E-state index contributed by atoms with van der Waals surface area (Å²) >= 11 is 0. The number of benzene rings is 1. The van der Waals surface area contributed by atoms with Crippen molar-refractivity contribution in [2.45, 2.75) is 18.7 Å². The molecule has 1 rings (SSSR count). The van der Waals surface area contributed by atoms with Crippen LogP contribution in [0.2, 0.25) is 0 Å². The highest BCUT2D eigenvalue weighted by molar-refractivity contribution is 7.89. The largest absolute Gasteiger partial charge is 0.478 e. The van der Waals surface area contributed by atoms with Crippen LogP contribution in [0.3, 0.4) is 0 Å². The van der Waals surface area contributed by atoms with Crippen molar-refractivity contribution < 1.29 is 18.3 Å². The first kappa shape index (κ1) is 15.1. The van der Waals surface area contributed by atoms with Gasteiger partial charge in [-0.3, -0.25) is 0 Å². The lowest BCUT2D eigenvalue weighted by molar-refractivity contribution is 0.0696. The lowest BCUT2D eigenvalue weighted by Crippen LogP contribution is -2.33. The van der Waals surface area contributed by atoms with Crippen LogP contribution in [0.25, 0.3) is 0 Å². The van der Waals surface area contributed by atoms with E-state index < -0.39 is 21.4 Å². The van der Waals surface area contributed by atoms with E-state index in [9.17, 15) is 13.2 Å². The van der Waals surface area contributed by atoms with E-state index >= 15 is 0 Å². The summed E-state index contributed by atoms with van der Waals surface area (Å²) in [6, 6.07) is 7.01. The first-order valence-electron chi connectivity index (χ1n) is 5.42. The number of sulfonamides is 1. The van der Waals surface area contributed by atoms with Crippen LogP contribution in [0.15, 0.2) is 29.2 Å². The fraction of sp³-hybridized carbons (Fsp3) is 0.333. The molecule has 102 valence electrons. The summed E-state index contributed by atoms with van der Waals surface area (Å²) in [5.74, 6) is -1.20. The van der Waals surface area contributed by atoms with Crippen molar-refractivity contribution in [1.82, 2.24) is 4.72 Å². The van der Waals surface area contributed by atoms with Crippen molar-refractivity contribution in [1.29, 1.82) is 5.26 Å². The number of rotatable bonds is 5. The SMILES string of the molecule is CC(C)(C#N)CNS(=O)(=O)c1cccc(C(=O)O)c1. The summed E-state index contributed by atoms with van der Waals surface area (Å²) in [6.45, 7) is 3.15. The van der Waals surface area contributed by atoms with Crippen LogP contribution in [0.5, 0.6) is 0 Å². The minimum absolute atomic E-state index is 0.0524. The van der Waals surface area contributed by atoms with Crippen LogP contribution in [0.1, 0.15) is 24.2 Å². The molecule has 0 spiro atoms. The molecule has 7 heteroatoms. The van der Waals surface area contributed by atoms with E-state index in [4.69, 9.17) is 10.4 Å². The molecular weight excluding hydrogens is 268 g/mol. The second-order valence-corrected chi connectivity index (χ2v) is 6.42. The van der Waals surface area contributed by atoms with Gasteiger partial charge in [-0.2, -0.15) is 5.26 Å². The average Bonchev–Trinajstić information content (AvgIpc) is 2.37. The van der Waals surface area contributed by atoms with E-state index in [1.807, 2.05) is 6.07 Å². The van der Waals surface area contributed by atoms with E-state index in [0.29, 0.717) is 0 Å². The summed E-state index contributed by atoms with van der Waals surface area (Å²) in [5.41, 5.74) is -0.945. The molecular formula is C12H14N2O4S. The maximum absolute atomic E-state index is 12.0. The Morgan fingerprint density at radius 1 is 1.47 bits per heavy atom. The van der Waals surface area contributed by atoms with Gasteiger partial charge in [0.2, 0.25) is 10.0 Å². The second kappa shape index (κ2) is 5.38. The summed E-state index contributed by atoms with van der Waals surface area (Å²) in [4.78, 5) is 10.6. The Hall–Kier alpha value is -1.91. The van der Waals surface area contributed by atoms with Crippen molar-refractivity contribution >= 4 is 16.0 Å². The molecule has 6 nitrogen and oxygen atoms in total. The van der Waals surface area contributed by atoms with E-state index in [-0.39, 0.29) is 17.0 Å². The first-order valence-corrected chi connectivity index (χ1v) is 6.90. The average molecular weight is 282 g/mol. The lowest BCUT2D eigenvalue weighted by atomic mass is 9.97. The zero-order valence-electron chi connectivity index (χ0n) is 10.5. The Labute approximate surface area is 111 Å². The van der Waals surface area contributed by atoms with E-state index in [1.54, 1.807) is 13.8 Å². The Morgan fingerprint density at radius 2 is 2.11 bits per heavy atom. The standard InChI is InChI=1S/C12H14N2O4S/c1-12(2,7-13)8-14-19(17,18)10-5-3-4-9(6-10)11(15)16/h3-6,14H,8H2,1-2H3,(H,15,16). The monoisotopic (exact) mass is 282 g/mol. The third-order valence-corrected chi connectivity index (χ3v) is 3.80. The molecule has 0 aliphatic carbocycles. The highest BCUT2D eigenvalue weighted by Crippen LogP contribution is 2.15. The number of nitrogens with one attached hydrogen (secondary N) is 1. The van der Waals surface area contributed by atoms with Gasteiger partial charge in [0.25, 0.3) is 0 Å². The van der Waals surface area contributed by atoms with Gasteiger partial charge in [-0.05, 0) is 32.0 Å². The van der Waals surface area contributed by atoms with Gasteiger partial charge in [0, 0.05) is 6.54 Å². The molecule has 1 aromatic carbocycles. The molecule has 2 N–H and O–H groups in total. The van der Waals surface area contributed by atoms with E-state index in [1.165, 1.54) is 18.2 Å². The summed E-state index contributed by atoms with van der Waals surface area (Å²) in [7, 11) is -3.82. The predicted octanol–water partition coefficient (Wildman–Crippen LogP) is 1.21. The number of hydrogen-bond acceptors (Lipinski definition) is 4. The smallest absolute Gasteiger partial charge is 0.335 e. The summed E-state index contributed by atoms with van der Waals surface area (Å²) < 4.78 is 26.2. The van der Waals surface area contributed by atoms with Gasteiger partial charge in [0.05, 0.1) is 21.9 Å². The van der Waals surface area contributed by atoms with Crippen molar-refractivity contribution in [3.05, 3.63) is 29.8 Å². The lowest BCUT2D eigenvalue weighted by Gasteiger charge is -2.16. The van der Waals surface area contributed by atoms with Crippen molar-refractivity contribution in [2.24, 2.45) is 5.41 Å². The first-order chi connectivity index (χ1) is 8.68. The Morgan fingerprint density at radius 3 is 2.63 bits per heavy atom. The van der Waals surface area contributed by atoms with Gasteiger partial charge in [0.15, 0.2) is 0 Å². The molecule has 0 fully saturated rings. The van der Waals surface area contributed by atoms with Crippen LogP contribution < -0.4 is 4.72 Å². The molecule has 0 aliphatic heterocycles. The third-order valence-electron chi connectivity index (χ3n) is 2.40. The number of carboxylic acids is 1. The van der Waals surface area contributed by atoms with Gasteiger partial charge in [-0.1, -0.05) is 6.07 Å². The van der Waals surface area contributed by atoms with Crippen molar-refractivity contribution in [3.8, 4) is 6.07 Å².